The summed E-state index contributed by atoms with van der Waals surface area (Å²) in [4.78, 5) is 23.4. The first kappa shape index (κ1) is 22.3. The molecule has 0 fully saturated rings. The number of nitrogens with zero attached hydrogens (tertiary/aromatic N) is 3. The molecule has 0 saturated carbocycles. The molecule has 0 radical (unpaired) electrons. The van der Waals surface area contributed by atoms with Crippen LogP contribution in [0.3, 0.4) is 0 Å². The first-order valence-electron chi connectivity index (χ1n) is 11.6. The molecule has 7 heteroatoms. The maximum atomic E-state index is 11.0. The summed E-state index contributed by atoms with van der Waals surface area (Å²) in [5, 5.41) is 10.3. The Kier molecular flexibility index (Phi) is 6.45. The van der Waals surface area contributed by atoms with Crippen molar-refractivity contribution in [2.75, 3.05) is 25.1 Å². The number of hydrogen-bond acceptors (Lipinski definition) is 6. The number of carboxylic acids is 1. The van der Waals surface area contributed by atoms with Crippen molar-refractivity contribution in [1.29, 1.82) is 0 Å². The molecule has 0 spiro atoms. The highest BCUT2D eigenvalue weighted by Gasteiger charge is 2.24. The number of fused-ring (bicyclic) bond motifs is 2. The summed E-state index contributed by atoms with van der Waals surface area (Å²) in [5.74, 6) is 0.939. The Hall–Kier alpha value is -3.45. The van der Waals surface area contributed by atoms with Gasteiger partial charge in [-0.3, -0.25) is 4.79 Å². The van der Waals surface area contributed by atoms with Crippen molar-refractivity contribution in [2.24, 2.45) is 0 Å². The smallest absolute Gasteiger partial charge is 0.303 e. The molecule has 0 amide bonds. The fourth-order valence-corrected chi connectivity index (χ4v) is 5.59. The molecule has 1 aliphatic carbocycles. The molecule has 0 aliphatic heterocycles. The Balaban J connectivity index is 1.12. The van der Waals surface area contributed by atoms with Gasteiger partial charge in [0, 0.05) is 41.1 Å². The lowest BCUT2D eigenvalue weighted by Gasteiger charge is -2.17. The second-order valence-corrected chi connectivity index (χ2v) is 9.82. The normalized spacial score (nSPS) is 14.8. The summed E-state index contributed by atoms with van der Waals surface area (Å²) >= 11 is 1.75. The number of rotatable bonds is 9. The first-order chi connectivity index (χ1) is 16.6. The number of aryl methyl sites for hydroxylation is 1. The minimum Gasteiger partial charge on any atom is -0.494 e. The molecular formula is C27H27N3O3S. The molecule has 5 rings (SSSR count). The highest BCUT2D eigenvalue weighted by atomic mass is 32.1. The predicted octanol–water partition coefficient (Wildman–Crippen LogP) is 5.77. The second-order valence-electron chi connectivity index (χ2n) is 8.74. The van der Waals surface area contributed by atoms with Crippen LogP contribution >= 0.6 is 11.3 Å². The molecule has 0 unspecified atom stereocenters. The minimum atomic E-state index is -0.735. The van der Waals surface area contributed by atoms with E-state index in [0.717, 1.165) is 42.7 Å². The minimum absolute atomic E-state index is 0.125. The van der Waals surface area contributed by atoms with Gasteiger partial charge in [-0.15, -0.1) is 11.3 Å². The summed E-state index contributed by atoms with van der Waals surface area (Å²) in [6.45, 7) is 1.38. The van der Waals surface area contributed by atoms with E-state index in [1.165, 1.54) is 20.5 Å². The number of benzene rings is 2. The van der Waals surface area contributed by atoms with Crippen LogP contribution in [0.1, 0.15) is 36.3 Å². The van der Waals surface area contributed by atoms with E-state index in [4.69, 9.17) is 9.84 Å². The van der Waals surface area contributed by atoms with Crippen molar-refractivity contribution in [1.82, 2.24) is 9.97 Å². The van der Waals surface area contributed by atoms with Gasteiger partial charge in [-0.05, 0) is 66.0 Å². The SMILES string of the molecule is CN(CCCOc1ccc2c(c1)CC[C@H]2CC(=O)O)c1ncc(-c2cc3ccccc3s2)cn1. The standard InChI is InChI=1S/C27H27N3O3S/c1-30(27-28-16-21(17-29-27)25-14-20-5-2-3-6-24(20)34-25)11-4-12-33-22-9-10-23-18(13-22)7-8-19(23)15-26(31)32/h2-3,5-6,9-10,13-14,16-17,19H,4,7-8,11-12,15H2,1H3,(H,31,32)/t19-/m0/s1. The lowest BCUT2D eigenvalue weighted by atomic mass is 9.98. The zero-order chi connectivity index (χ0) is 23.5. The third-order valence-electron chi connectivity index (χ3n) is 6.33. The molecule has 0 bridgehead atoms. The number of carboxylic acid groups (broad SMARTS) is 1. The van der Waals surface area contributed by atoms with Gasteiger partial charge >= 0.3 is 5.97 Å². The van der Waals surface area contributed by atoms with E-state index < -0.39 is 5.97 Å². The fraction of sp³-hybridized carbons (Fsp3) is 0.296. The molecule has 2 heterocycles. The summed E-state index contributed by atoms with van der Waals surface area (Å²) in [6, 6.07) is 16.6. The summed E-state index contributed by atoms with van der Waals surface area (Å²) in [6.07, 6.45) is 6.65. The highest BCUT2D eigenvalue weighted by Crippen LogP contribution is 2.37. The maximum Gasteiger partial charge on any atom is 0.303 e. The number of thiophene rings is 1. The molecule has 4 aromatic rings. The number of aliphatic carboxylic acids is 1. The Labute approximate surface area is 202 Å². The monoisotopic (exact) mass is 473 g/mol. The van der Waals surface area contributed by atoms with Gasteiger partial charge in [0.1, 0.15) is 5.75 Å². The quantitative estimate of drug-likeness (QED) is 0.311. The third kappa shape index (κ3) is 4.89. The average molecular weight is 474 g/mol. The van der Waals surface area contributed by atoms with Crippen LogP contribution in [-0.4, -0.2) is 41.2 Å². The number of carbonyl (C=O) groups is 1. The molecular weight excluding hydrogens is 446 g/mol. The lowest BCUT2D eigenvalue weighted by molar-refractivity contribution is -0.137. The Bertz CT molecular complexity index is 1270. The van der Waals surface area contributed by atoms with Crippen LogP contribution in [0.5, 0.6) is 5.75 Å². The van der Waals surface area contributed by atoms with E-state index in [-0.39, 0.29) is 12.3 Å². The molecule has 1 N–H and O–H groups in total. The Morgan fingerprint density at radius 3 is 2.79 bits per heavy atom. The van der Waals surface area contributed by atoms with Crippen LogP contribution in [0.25, 0.3) is 20.5 Å². The third-order valence-corrected chi connectivity index (χ3v) is 7.50. The molecule has 1 aliphatic rings. The van der Waals surface area contributed by atoms with Crippen molar-refractivity contribution in [3.63, 3.8) is 0 Å². The predicted molar refractivity (Wildman–Crippen MR) is 136 cm³/mol. The van der Waals surface area contributed by atoms with Crippen molar-refractivity contribution < 1.29 is 14.6 Å². The molecule has 34 heavy (non-hydrogen) atoms. The van der Waals surface area contributed by atoms with Crippen molar-refractivity contribution >= 4 is 33.3 Å². The number of hydrogen-bond donors (Lipinski definition) is 1. The fourth-order valence-electron chi connectivity index (χ4n) is 4.56. The average Bonchev–Trinajstić information content (AvgIpc) is 3.45. The first-order valence-corrected chi connectivity index (χ1v) is 12.4. The highest BCUT2D eigenvalue weighted by molar-refractivity contribution is 7.22. The van der Waals surface area contributed by atoms with Crippen LogP contribution in [0.4, 0.5) is 5.95 Å². The largest absolute Gasteiger partial charge is 0.494 e. The van der Waals surface area contributed by atoms with E-state index in [1.54, 1.807) is 11.3 Å². The van der Waals surface area contributed by atoms with Crippen molar-refractivity contribution in [3.05, 3.63) is 72.1 Å². The summed E-state index contributed by atoms with van der Waals surface area (Å²) in [7, 11) is 1.99. The van der Waals surface area contributed by atoms with Gasteiger partial charge in [-0.25, -0.2) is 9.97 Å². The molecule has 6 nitrogen and oxygen atoms in total. The van der Waals surface area contributed by atoms with Crippen LogP contribution in [0, 0.1) is 0 Å². The van der Waals surface area contributed by atoms with Gasteiger partial charge in [-0.2, -0.15) is 0 Å². The van der Waals surface area contributed by atoms with Crippen molar-refractivity contribution in [3.8, 4) is 16.2 Å². The molecule has 174 valence electrons. The van der Waals surface area contributed by atoms with Gasteiger partial charge in [0.25, 0.3) is 0 Å². The van der Waals surface area contributed by atoms with E-state index in [1.807, 2.05) is 36.5 Å². The zero-order valence-corrected chi connectivity index (χ0v) is 19.9. The molecule has 0 saturated heterocycles. The molecule has 2 aromatic heterocycles. The number of aromatic nitrogens is 2. The summed E-state index contributed by atoms with van der Waals surface area (Å²) in [5.41, 5.74) is 3.41. The zero-order valence-electron chi connectivity index (χ0n) is 19.1. The molecule has 2 aromatic carbocycles. The van der Waals surface area contributed by atoms with Crippen LogP contribution in [0.15, 0.2) is 60.9 Å². The number of anilines is 1. The van der Waals surface area contributed by atoms with E-state index in [2.05, 4.69) is 46.4 Å². The van der Waals surface area contributed by atoms with E-state index in [0.29, 0.717) is 12.6 Å². The van der Waals surface area contributed by atoms with Gasteiger partial charge in [0.05, 0.1) is 13.0 Å². The van der Waals surface area contributed by atoms with Crippen LogP contribution in [-0.2, 0) is 11.2 Å². The van der Waals surface area contributed by atoms with E-state index in [9.17, 15) is 4.79 Å². The maximum absolute atomic E-state index is 11.0. The van der Waals surface area contributed by atoms with Gasteiger partial charge < -0.3 is 14.7 Å². The second kappa shape index (κ2) is 9.81. The van der Waals surface area contributed by atoms with Gasteiger partial charge in [-0.1, -0.05) is 24.3 Å². The number of ether oxygens (including phenoxy) is 1. The van der Waals surface area contributed by atoms with Crippen LogP contribution in [0.2, 0.25) is 0 Å². The van der Waals surface area contributed by atoms with Gasteiger partial charge in [0.2, 0.25) is 5.95 Å². The Morgan fingerprint density at radius 2 is 2.00 bits per heavy atom. The topological polar surface area (TPSA) is 75.5 Å². The summed E-state index contributed by atoms with van der Waals surface area (Å²) < 4.78 is 7.22. The van der Waals surface area contributed by atoms with Crippen LogP contribution < -0.4 is 9.64 Å². The van der Waals surface area contributed by atoms with E-state index >= 15 is 0 Å². The van der Waals surface area contributed by atoms with Gasteiger partial charge in [0.15, 0.2) is 0 Å². The van der Waals surface area contributed by atoms with Crippen molar-refractivity contribution in [2.45, 2.75) is 31.6 Å². The lowest BCUT2D eigenvalue weighted by Crippen LogP contribution is -2.22. The Morgan fingerprint density at radius 1 is 1.18 bits per heavy atom. The molecule has 1 atom stereocenters.